The average Bonchev–Trinajstić information content (AvgIpc) is 2.61. The molecule has 1 atom stereocenters. The van der Waals surface area contributed by atoms with E-state index in [1.54, 1.807) is 0 Å². The van der Waals surface area contributed by atoms with E-state index >= 15 is 0 Å². The zero-order valence-electron chi connectivity index (χ0n) is 13.1. The number of halogens is 2. The van der Waals surface area contributed by atoms with Crippen LogP contribution >= 0.6 is 0 Å². The van der Waals surface area contributed by atoms with E-state index in [2.05, 4.69) is 4.74 Å². The molecule has 5 nitrogen and oxygen atoms in total. The summed E-state index contributed by atoms with van der Waals surface area (Å²) in [5.74, 6) is -1.31. The number of ether oxygens (including phenoxy) is 2. The van der Waals surface area contributed by atoms with E-state index in [4.69, 9.17) is 10.00 Å². The third-order valence-corrected chi connectivity index (χ3v) is 3.24. The molecule has 0 aliphatic heterocycles. The van der Waals surface area contributed by atoms with Crippen LogP contribution in [0, 0.1) is 11.3 Å². The Morgan fingerprint density at radius 2 is 1.76 bits per heavy atom. The number of nitriles is 1. The molecule has 0 radical (unpaired) electrons. The minimum Gasteiger partial charge on any atom is -0.451 e. The van der Waals surface area contributed by atoms with Gasteiger partial charge in [0.15, 0.2) is 6.10 Å². The molecule has 0 saturated heterocycles. The summed E-state index contributed by atoms with van der Waals surface area (Å²) < 4.78 is 33.5. The second-order valence-electron chi connectivity index (χ2n) is 5.01. The second-order valence-corrected chi connectivity index (χ2v) is 5.01. The van der Waals surface area contributed by atoms with Gasteiger partial charge in [-0.3, -0.25) is 4.79 Å². The van der Waals surface area contributed by atoms with Crippen molar-refractivity contribution in [3.8, 4) is 11.8 Å². The van der Waals surface area contributed by atoms with Gasteiger partial charge in [-0.2, -0.15) is 14.0 Å². The molecule has 0 amide bonds. The van der Waals surface area contributed by atoms with Crippen molar-refractivity contribution in [2.45, 2.75) is 19.6 Å². The van der Waals surface area contributed by atoms with Crippen molar-refractivity contribution in [1.82, 2.24) is 0 Å². The van der Waals surface area contributed by atoms with E-state index in [1.165, 1.54) is 55.5 Å². The Kier molecular flexibility index (Phi) is 5.79. The number of nitrogens with zero attached hydrogens (tertiary/aromatic N) is 1. The number of alkyl halides is 2. The maximum absolute atomic E-state index is 12.2. The highest BCUT2D eigenvalue weighted by Gasteiger charge is 2.21. The largest absolute Gasteiger partial charge is 0.451 e. The fourth-order valence-corrected chi connectivity index (χ4v) is 2.03. The molecule has 25 heavy (non-hydrogen) atoms. The second kappa shape index (κ2) is 8.02. The van der Waals surface area contributed by atoms with Crippen LogP contribution < -0.4 is 4.74 Å². The van der Waals surface area contributed by atoms with Crippen molar-refractivity contribution < 1.29 is 27.8 Å². The summed E-state index contributed by atoms with van der Waals surface area (Å²) in [6.07, 6.45) is -1.08. The molecule has 0 aromatic heterocycles. The first-order valence-electron chi connectivity index (χ1n) is 7.21. The van der Waals surface area contributed by atoms with Crippen LogP contribution in [0.2, 0.25) is 0 Å². The molecule has 0 spiro atoms. The van der Waals surface area contributed by atoms with Gasteiger partial charge in [-0.1, -0.05) is 6.07 Å². The standard InChI is InChI=1S/C18H13F2NO4/c1-11(24-17(23)14-4-2-3-12(9-14)10-21)16(22)13-5-7-15(8-6-13)25-18(19)20/h2-9,11,18H,1H3/t11-/m0/s1. The van der Waals surface area contributed by atoms with Crippen molar-refractivity contribution in [2.75, 3.05) is 0 Å². The first kappa shape index (κ1) is 18.1. The van der Waals surface area contributed by atoms with E-state index in [0.717, 1.165) is 0 Å². The van der Waals surface area contributed by atoms with Crippen LogP contribution in [0.4, 0.5) is 8.78 Å². The molecule has 0 heterocycles. The maximum Gasteiger partial charge on any atom is 0.387 e. The molecule has 128 valence electrons. The monoisotopic (exact) mass is 345 g/mol. The van der Waals surface area contributed by atoms with Gasteiger partial charge in [-0.15, -0.1) is 0 Å². The Hall–Kier alpha value is -3.27. The number of ketones is 1. The number of Topliss-reactive ketones (excluding diaryl/α,β-unsaturated/α-hetero) is 1. The van der Waals surface area contributed by atoms with Crippen LogP contribution in [-0.4, -0.2) is 24.5 Å². The summed E-state index contributed by atoms with van der Waals surface area (Å²) >= 11 is 0. The van der Waals surface area contributed by atoms with Gasteiger partial charge >= 0.3 is 12.6 Å². The quantitative estimate of drug-likeness (QED) is 0.591. The van der Waals surface area contributed by atoms with Gasteiger partial charge in [0.2, 0.25) is 5.78 Å². The van der Waals surface area contributed by atoms with Crippen LogP contribution in [0.1, 0.15) is 33.2 Å². The lowest BCUT2D eigenvalue weighted by atomic mass is 10.1. The first-order chi connectivity index (χ1) is 11.9. The first-order valence-corrected chi connectivity index (χ1v) is 7.21. The molecule has 7 heteroatoms. The van der Waals surface area contributed by atoms with E-state index in [1.807, 2.05) is 6.07 Å². The Morgan fingerprint density at radius 3 is 2.36 bits per heavy atom. The molecule has 2 aromatic rings. The van der Waals surface area contributed by atoms with Crippen molar-refractivity contribution in [2.24, 2.45) is 0 Å². The summed E-state index contributed by atoms with van der Waals surface area (Å²) in [7, 11) is 0. The Morgan fingerprint density at radius 1 is 1.08 bits per heavy atom. The van der Waals surface area contributed by atoms with Gasteiger partial charge in [0.25, 0.3) is 0 Å². The molecule has 2 rings (SSSR count). The highest BCUT2D eigenvalue weighted by molar-refractivity contribution is 6.01. The lowest BCUT2D eigenvalue weighted by molar-refractivity contribution is -0.0498. The molecular weight excluding hydrogens is 332 g/mol. The lowest BCUT2D eigenvalue weighted by Gasteiger charge is -2.13. The van der Waals surface area contributed by atoms with Gasteiger partial charge < -0.3 is 9.47 Å². The molecule has 0 unspecified atom stereocenters. The van der Waals surface area contributed by atoms with Gasteiger partial charge in [-0.25, -0.2) is 4.79 Å². The topological polar surface area (TPSA) is 76.4 Å². The van der Waals surface area contributed by atoms with Crippen LogP contribution in [0.15, 0.2) is 48.5 Å². The van der Waals surface area contributed by atoms with Gasteiger partial charge in [0.05, 0.1) is 17.2 Å². The highest BCUT2D eigenvalue weighted by atomic mass is 19.3. The Balaban J connectivity index is 2.04. The molecule has 0 N–H and O–H groups in total. The number of rotatable bonds is 6. The average molecular weight is 345 g/mol. The molecule has 2 aromatic carbocycles. The van der Waals surface area contributed by atoms with Gasteiger partial charge in [-0.05, 0) is 49.4 Å². The van der Waals surface area contributed by atoms with Crippen LogP contribution in [0.5, 0.6) is 5.75 Å². The Labute approximate surface area is 142 Å². The fraction of sp³-hybridized carbons (Fsp3) is 0.167. The Bertz CT molecular complexity index is 813. The predicted molar refractivity (Wildman–Crippen MR) is 83.4 cm³/mol. The molecule has 0 aliphatic rings. The van der Waals surface area contributed by atoms with Crippen LogP contribution in [0.25, 0.3) is 0 Å². The third kappa shape index (κ3) is 4.85. The summed E-state index contributed by atoms with van der Waals surface area (Å²) in [5, 5.41) is 8.83. The highest BCUT2D eigenvalue weighted by Crippen LogP contribution is 2.17. The van der Waals surface area contributed by atoms with E-state index in [-0.39, 0.29) is 16.9 Å². The molecule has 0 fully saturated rings. The predicted octanol–water partition coefficient (Wildman–Crippen LogP) is 3.59. The number of hydrogen-bond acceptors (Lipinski definition) is 5. The lowest BCUT2D eigenvalue weighted by Crippen LogP contribution is -2.24. The summed E-state index contributed by atoms with van der Waals surface area (Å²) in [5.41, 5.74) is 0.634. The smallest absolute Gasteiger partial charge is 0.387 e. The molecule has 0 bridgehead atoms. The van der Waals surface area contributed by atoms with E-state index < -0.39 is 24.5 Å². The number of hydrogen-bond donors (Lipinski definition) is 0. The van der Waals surface area contributed by atoms with E-state index in [0.29, 0.717) is 5.56 Å². The minimum absolute atomic E-state index is 0.0792. The van der Waals surface area contributed by atoms with Crippen molar-refractivity contribution in [1.29, 1.82) is 5.26 Å². The molecule has 0 aliphatic carbocycles. The van der Waals surface area contributed by atoms with Gasteiger partial charge in [0, 0.05) is 5.56 Å². The van der Waals surface area contributed by atoms with E-state index in [9.17, 15) is 18.4 Å². The van der Waals surface area contributed by atoms with Gasteiger partial charge in [0.1, 0.15) is 5.75 Å². The molecular formula is C18H13F2NO4. The maximum atomic E-state index is 12.2. The van der Waals surface area contributed by atoms with Crippen molar-refractivity contribution in [3.05, 3.63) is 65.2 Å². The minimum atomic E-state index is -2.95. The summed E-state index contributed by atoms with van der Waals surface area (Å²) in [6.45, 7) is -1.55. The zero-order valence-corrected chi connectivity index (χ0v) is 13.1. The van der Waals surface area contributed by atoms with Crippen molar-refractivity contribution in [3.63, 3.8) is 0 Å². The summed E-state index contributed by atoms with van der Waals surface area (Å²) in [6, 6.07) is 12.9. The zero-order chi connectivity index (χ0) is 18.4. The summed E-state index contributed by atoms with van der Waals surface area (Å²) in [4.78, 5) is 24.3. The van der Waals surface area contributed by atoms with Crippen molar-refractivity contribution >= 4 is 11.8 Å². The van der Waals surface area contributed by atoms with Crippen LogP contribution in [-0.2, 0) is 4.74 Å². The number of carbonyl (C=O) groups excluding carboxylic acids is 2. The SMILES string of the molecule is C[C@H](OC(=O)c1cccc(C#N)c1)C(=O)c1ccc(OC(F)F)cc1. The number of esters is 1. The molecule has 0 saturated carbocycles. The normalized spacial score (nSPS) is 11.5. The number of carbonyl (C=O) groups is 2. The third-order valence-electron chi connectivity index (χ3n) is 3.24. The van der Waals surface area contributed by atoms with Crippen LogP contribution in [0.3, 0.4) is 0 Å². The fourth-order valence-electron chi connectivity index (χ4n) is 2.03. The number of benzene rings is 2.